The van der Waals surface area contributed by atoms with Gasteiger partial charge in [-0.15, -0.1) is 0 Å². The first-order valence-corrected chi connectivity index (χ1v) is 4.81. The van der Waals surface area contributed by atoms with Crippen LogP contribution >= 0.6 is 0 Å². The van der Waals surface area contributed by atoms with Gasteiger partial charge in [-0.05, 0) is 18.1 Å². The number of rotatable bonds is 3. The molecule has 0 aromatic heterocycles. The molecule has 90 valence electrons. The van der Waals surface area contributed by atoms with Crippen molar-refractivity contribution in [3.05, 3.63) is 29.6 Å². The maximum absolute atomic E-state index is 13.4. The van der Waals surface area contributed by atoms with E-state index in [0.717, 1.165) is 6.07 Å². The van der Waals surface area contributed by atoms with Crippen molar-refractivity contribution < 1.29 is 22.3 Å². The molecule has 0 spiro atoms. The smallest absolute Gasteiger partial charge is 0.419 e. The van der Waals surface area contributed by atoms with Crippen LogP contribution in [-0.4, -0.2) is 6.61 Å². The molecule has 1 aromatic rings. The van der Waals surface area contributed by atoms with Gasteiger partial charge in [0.2, 0.25) is 0 Å². The second-order valence-corrected chi connectivity index (χ2v) is 3.82. The molecule has 1 nitrogen and oxygen atoms in total. The molecular weight excluding hydrogens is 224 g/mol. The Balaban J connectivity index is 2.96. The van der Waals surface area contributed by atoms with Gasteiger partial charge in [0, 0.05) is 0 Å². The molecule has 5 heteroatoms. The molecule has 0 aliphatic carbocycles. The first-order valence-electron chi connectivity index (χ1n) is 4.81. The van der Waals surface area contributed by atoms with Gasteiger partial charge in [0.05, 0.1) is 12.2 Å². The molecule has 1 rings (SSSR count). The van der Waals surface area contributed by atoms with Gasteiger partial charge in [-0.1, -0.05) is 19.9 Å². The van der Waals surface area contributed by atoms with Gasteiger partial charge in [0.25, 0.3) is 0 Å². The number of halogens is 4. The van der Waals surface area contributed by atoms with Crippen LogP contribution in [0, 0.1) is 11.7 Å². The van der Waals surface area contributed by atoms with E-state index in [4.69, 9.17) is 4.74 Å². The van der Waals surface area contributed by atoms with Gasteiger partial charge in [-0.25, -0.2) is 4.39 Å². The molecule has 0 unspecified atom stereocenters. The molecule has 0 aliphatic rings. The third kappa shape index (κ3) is 3.12. The SMILES string of the molecule is CC(C)COc1cccc(C(F)(F)F)c1F. The molecular formula is C11H12F4O. The molecule has 0 heterocycles. The number of alkyl halides is 3. The van der Waals surface area contributed by atoms with Gasteiger partial charge in [-0.3, -0.25) is 0 Å². The van der Waals surface area contributed by atoms with E-state index in [1.165, 1.54) is 6.07 Å². The van der Waals surface area contributed by atoms with Crippen molar-refractivity contribution in [2.24, 2.45) is 5.92 Å². The van der Waals surface area contributed by atoms with Crippen molar-refractivity contribution in [1.29, 1.82) is 0 Å². The summed E-state index contributed by atoms with van der Waals surface area (Å²) < 4.78 is 55.3. The predicted octanol–water partition coefficient (Wildman–Crippen LogP) is 3.88. The molecule has 1 aromatic carbocycles. The number of ether oxygens (including phenoxy) is 1. The topological polar surface area (TPSA) is 9.23 Å². The summed E-state index contributed by atoms with van der Waals surface area (Å²) >= 11 is 0. The molecule has 16 heavy (non-hydrogen) atoms. The van der Waals surface area contributed by atoms with E-state index in [1.807, 2.05) is 13.8 Å². The quantitative estimate of drug-likeness (QED) is 0.723. The van der Waals surface area contributed by atoms with Gasteiger partial charge >= 0.3 is 6.18 Å². The normalized spacial score (nSPS) is 11.9. The van der Waals surface area contributed by atoms with E-state index >= 15 is 0 Å². The molecule has 0 bridgehead atoms. The number of benzene rings is 1. The minimum absolute atomic E-state index is 0.119. The molecule has 0 radical (unpaired) electrons. The van der Waals surface area contributed by atoms with E-state index in [9.17, 15) is 17.6 Å². The summed E-state index contributed by atoms with van der Waals surface area (Å²) in [6.45, 7) is 3.83. The van der Waals surface area contributed by atoms with E-state index in [1.54, 1.807) is 0 Å². The molecule has 0 atom stereocenters. The van der Waals surface area contributed by atoms with Crippen molar-refractivity contribution in [2.45, 2.75) is 20.0 Å². The van der Waals surface area contributed by atoms with Crippen molar-refractivity contribution in [2.75, 3.05) is 6.61 Å². The lowest BCUT2D eigenvalue weighted by molar-refractivity contribution is -0.140. The van der Waals surface area contributed by atoms with Crippen LogP contribution < -0.4 is 4.74 Å². The average Bonchev–Trinajstić information content (AvgIpc) is 2.14. The highest BCUT2D eigenvalue weighted by atomic mass is 19.4. The van der Waals surface area contributed by atoms with E-state index in [2.05, 4.69) is 0 Å². The van der Waals surface area contributed by atoms with Crippen molar-refractivity contribution in [1.82, 2.24) is 0 Å². The minimum atomic E-state index is -4.69. The van der Waals surface area contributed by atoms with Gasteiger partial charge in [-0.2, -0.15) is 13.2 Å². The zero-order valence-electron chi connectivity index (χ0n) is 8.94. The maximum Gasteiger partial charge on any atom is 0.419 e. The van der Waals surface area contributed by atoms with Gasteiger partial charge in [0.1, 0.15) is 0 Å². The minimum Gasteiger partial charge on any atom is -0.490 e. The molecule has 0 amide bonds. The highest BCUT2D eigenvalue weighted by Crippen LogP contribution is 2.34. The third-order valence-electron chi connectivity index (χ3n) is 1.84. The van der Waals surface area contributed by atoms with Crippen LogP contribution in [0.25, 0.3) is 0 Å². The fourth-order valence-electron chi connectivity index (χ4n) is 1.10. The zero-order chi connectivity index (χ0) is 12.3. The second kappa shape index (κ2) is 4.72. The Morgan fingerprint density at radius 1 is 1.25 bits per heavy atom. The van der Waals surface area contributed by atoms with Crippen LogP contribution in [0.1, 0.15) is 19.4 Å². The Labute approximate surface area is 91.0 Å². The summed E-state index contributed by atoms with van der Waals surface area (Å²) in [4.78, 5) is 0. The van der Waals surface area contributed by atoms with Gasteiger partial charge in [0.15, 0.2) is 11.6 Å². The van der Waals surface area contributed by atoms with Crippen molar-refractivity contribution >= 4 is 0 Å². The first kappa shape index (κ1) is 12.8. The zero-order valence-corrected chi connectivity index (χ0v) is 8.94. The lowest BCUT2D eigenvalue weighted by atomic mass is 10.2. The highest BCUT2D eigenvalue weighted by Gasteiger charge is 2.35. The van der Waals surface area contributed by atoms with Gasteiger partial charge < -0.3 is 4.74 Å². The fraction of sp³-hybridized carbons (Fsp3) is 0.455. The predicted molar refractivity (Wildman–Crippen MR) is 51.7 cm³/mol. The summed E-state index contributed by atoms with van der Waals surface area (Å²) in [5, 5.41) is 0. The Hall–Kier alpha value is -1.26. The summed E-state index contributed by atoms with van der Waals surface area (Å²) in [6, 6.07) is 3.01. The monoisotopic (exact) mass is 236 g/mol. The Kier molecular flexibility index (Phi) is 3.78. The van der Waals surface area contributed by atoms with E-state index < -0.39 is 17.6 Å². The van der Waals surface area contributed by atoms with Crippen molar-refractivity contribution in [3.63, 3.8) is 0 Å². The second-order valence-electron chi connectivity index (χ2n) is 3.82. The maximum atomic E-state index is 13.4. The average molecular weight is 236 g/mol. The van der Waals surface area contributed by atoms with Crippen LogP contribution in [0.15, 0.2) is 18.2 Å². The summed E-state index contributed by atoms with van der Waals surface area (Å²) in [7, 11) is 0. The molecule has 0 aliphatic heterocycles. The summed E-state index contributed by atoms with van der Waals surface area (Å²) in [6.07, 6.45) is -4.69. The highest BCUT2D eigenvalue weighted by molar-refractivity contribution is 5.32. The molecule has 0 N–H and O–H groups in total. The Bertz CT molecular complexity index is 357. The summed E-state index contributed by atoms with van der Waals surface area (Å²) in [5.41, 5.74) is -1.30. The van der Waals surface area contributed by atoms with E-state index in [0.29, 0.717) is 6.07 Å². The van der Waals surface area contributed by atoms with Crippen LogP contribution in [-0.2, 0) is 6.18 Å². The Morgan fingerprint density at radius 3 is 2.38 bits per heavy atom. The lowest BCUT2D eigenvalue weighted by Crippen LogP contribution is -2.11. The van der Waals surface area contributed by atoms with Crippen LogP contribution in [0.3, 0.4) is 0 Å². The number of hydrogen-bond acceptors (Lipinski definition) is 1. The molecule has 0 saturated heterocycles. The van der Waals surface area contributed by atoms with Crippen molar-refractivity contribution in [3.8, 4) is 5.75 Å². The standard InChI is InChI=1S/C11H12F4O/c1-7(2)6-16-9-5-3-4-8(10(9)12)11(13,14)15/h3-5,7H,6H2,1-2H3. The Morgan fingerprint density at radius 2 is 1.88 bits per heavy atom. The third-order valence-corrected chi connectivity index (χ3v) is 1.84. The van der Waals surface area contributed by atoms with Crippen LogP contribution in [0.2, 0.25) is 0 Å². The molecule has 0 fully saturated rings. The van der Waals surface area contributed by atoms with E-state index in [-0.39, 0.29) is 18.3 Å². The largest absolute Gasteiger partial charge is 0.490 e. The fourth-order valence-corrected chi connectivity index (χ4v) is 1.10. The van der Waals surface area contributed by atoms with Crippen LogP contribution in [0.5, 0.6) is 5.75 Å². The van der Waals surface area contributed by atoms with Crippen LogP contribution in [0.4, 0.5) is 17.6 Å². The first-order chi connectivity index (χ1) is 7.32. The number of hydrogen-bond donors (Lipinski definition) is 0. The molecule has 0 saturated carbocycles. The summed E-state index contributed by atoms with van der Waals surface area (Å²) in [5.74, 6) is -1.59. The lowest BCUT2D eigenvalue weighted by Gasteiger charge is -2.13.